The first-order valence-electron chi connectivity index (χ1n) is 9.85. The third-order valence-electron chi connectivity index (χ3n) is 6.35. The molecule has 2 aliphatic heterocycles. The Labute approximate surface area is 157 Å². The maximum absolute atomic E-state index is 11.3. The minimum Gasteiger partial charge on any atom is -0.465 e. The highest BCUT2D eigenvalue weighted by atomic mass is 16.7. The lowest BCUT2D eigenvalue weighted by molar-refractivity contribution is -0.00311. The largest absolute Gasteiger partial charge is 0.490 e. The van der Waals surface area contributed by atoms with Gasteiger partial charge in [-0.2, -0.15) is 0 Å². The monoisotopic (exact) mass is 365 g/mol. The zero-order chi connectivity index (χ0) is 18.9. The van der Waals surface area contributed by atoms with Gasteiger partial charge in [-0.1, -0.05) is 6.08 Å². The van der Waals surface area contributed by atoms with Crippen molar-refractivity contribution in [3.05, 3.63) is 11.5 Å². The molecule has 2 unspecified atom stereocenters. The second kappa shape index (κ2) is 7.53. The van der Waals surface area contributed by atoms with E-state index in [0.717, 1.165) is 38.5 Å². The Morgan fingerprint density at radius 2 is 1.96 bits per heavy atom. The van der Waals surface area contributed by atoms with Crippen LogP contribution in [-0.4, -0.2) is 59.7 Å². The molecule has 0 bridgehead atoms. The predicted octanol–water partition coefficient (Wildman–Crippen LogP) is 3.65. The molecular weight excluding hydrogens is 333 g/mol. The molecule has 0 aromatic rings. The summed E-state index contributed by atoms with van der Waals surface area (Å²) >= 11 is 0. The highest BCUT2D eigenvalue weighted by molar-refractivity contribution is 6.54. The second-order valence-electron chi connectivity index (χ2n) is 8.72. The number of carbonyl (C=O) groups is 1. The van der Waals surface area contributed by atoms with Crippen LogP contribution in [0.3, 0.4) is 0 Å². The zero-order valence-corrected chi connectivity index (χ0v) is 16.5. The topological polar surface area (TPSA) is 68.2 Å². The van der Waals surface area contributed by atoms with Crippen LogP contribution in [0, 0.1) is 0 Å². The number of likely N-dealkylation sites (tertiary alicyclic amines) is 1. The average Bonchev–Trinajstić information content (AvgIpc) is 2.81. The fourth-order valence-electron chi connectivity index (χ4n) is 3.86. The Hall–Kier alpha value is -1.05. The molecule has 3 rings (SSSR count). The molecule has 7 heteroatoms. The van der Waals surface area contributed by atoms with E-state index >= 15 is 0 Å². The molecule has 26 heavy (non-hydrogen) atoms. The summed E-state index contributed by atoms with van der Waals surface area (Å²) in [4.78, 5) is 12.9. The van der Waals surface area contributed by atoms with Crippen LogP contribution in [-0.2, 0) is 14.0 Å². The maximum atomic E-state index is 11.3. The van der Waals surface area contributed by atoms with Crippen molar-refractivity contribution in [1.29, 1.82) is 0 Å². The molecule has 0 aromatic carbocycles. The van der Waals surface area contributed by atoms with Gasteiger partial charge in [0.05, 0.1) is 30.0 Å². The molecule has 2 fully saturated rings. The molecule has 2 heterocycles. The van der Waals surface area contributed by atoms with E-state index in [0.29, 0.717) is 13.2 Å². The molecule has 1 N–H and O–H groups in total. The van der Waals surface area contributed by atoms with Gasteiger partial charge in [-0.15, -0.1) is 0 Å². The number of piperidine rings is 1. The van der Waals surface area contributed by atoms with Crippen molar-refractivity contribution in [3.63, 3.8) is 0 Å². The van der Waals surface area contributed by atoms with Crippen LogP contribution in [0.5, 0.6) is 0 Å². The van der Waals surface area contributed by atoms with Gasteiger partial charge in [-0.3, -0.25) is 0 Å². The number of carboxylic acid groups (broad SMARTS) is 1. The Balaban J connectivity index is 1.50. The lowest BCUT2D eigenvalue weighted by atomic mass is 9.72. The highest BCUT2D eigenvalue weighted by Gasteiger charge is 2.52. The van der Waals surface area contributed by atoms with Crippen molar-refractivity contribution < 1.29 is 23.9 Å². The summed E-state index contributed by atoms with van der Waals surface area (Å²) in [6.45, 7) is 9.40. The Bertz CT molecular complexity index is 546. The van der Waals surface area contributed by atoms with Gasteiger partial charge in [0.15, 0.2) is 0 Å². The van der Waals surface area contributed by atoms with E-state index in [-0.39, 0.29) is 30.5 Å². The maximum Gasteiger partial charge on any atom is 0.490 e. The van der Waals surface area contributed by atoms with Gasteiger partial charge < -0.3 is 24.1 Å². The molecule has 1 amide bonds. The van der Waals surface area contributed by atoms with Gasteiger partial charge in [-0.05, 0) is 71.7 Å². The van der Waals surface area contributed by atoms with E-state index < -0.39 is 6.09 Å². The van der Waals surface area contributed by atoms with Gasteiger partial charge >= 0.3 is 13.2 Å². The Morgan fingerprint density at radius 1 is 1.27 bits per heavy atom. The summed E-state index contributed by atoms with van der Waals surface area (Å²) in [6.07, 6.45) is 7.09. The molecule has 3 aliphatic rings. The standard InChI is InChI=1S/C19H32BNO5/c1-18(2)19(3,4)26-20(25-18)14-8-10-16(11-9-14)24-13-15-7-5-6-12-21(15)17(22)23/h8,15-16H,5-7,9-13H2,1-4H3,(H,22,23). The van der Waals surface area contributed by atoms with Crippen LogP contribution in [0.15, 0.2) is 11.5 Å². The highest BCUT2D eigenvalue weighted by Crippen LogP contribution is 2.40. The molecule has 0 saturated carbocycles. The normalized spacial score (nSPS) is 31.0. The third kappa shape index (κ3) is 4.10. The average molecular weight is 365 g/mol. The van der Waals surface area contributed by atoms with Crippen LogP contribution in [0.4, 0.5) is 4.79 Å². The third-order valence-corrected chi connectivity index (χ3v) is 6.35. The molecular formula is C19H32BNO5. The number of amides is 1. The van der Waals surface area contributed by atoms with E-state index in [1.54, 1.807) is 0 Å². The van der Waals surface area contributed by atoms with Crippen molar-refractivity contribution in [1.82, 2.24) is 4.90 Å². The fourth-order valence-corrected chi connectivity index (χ4v) is 3.86. The Morgan fingerprint density at radius 3 is 2.54 bits per heavy atom. The first kappa shape index (κ1) is 19.7. The summed E-state index contributed by atoms with van der Waals surface area (Å²) in [5.41, 5.74) is 0.577. The molecule has 1 aliphatic carbocycles. The van der Waals surface area contributed by atoms with Crippen molar-refractivity contribution >= 4 is 13.2 Å². The summed E-state index contributed by atoms with van der Waals surface area (Å²) in [5, 5.41) is 9.32. The van der Waals surface area contributed by atoms with Crippen LogP contribution in [0.25, 0.3) is 0 Å². The summed E-state index contributed by atoms with van der Waals surface area (Å²) < 4.78 is 18.3. The zero-order valence-electron chi connectivity index (χ0n) is 16.5. The molecule has 146 valence electrons. The van der Waals surface area contributed by atoms with Crippen LogP contribution in [0.1, 0.15) is 66.2 Å². The number of rotatable bonds is 4. The van der Waals surface area contributed by atoms with E-state index in [4.69, 9.17) is 14.0 Å². The molecule has 0 aromatic heterocycles. The second-order valence-corrected chi connectivity index (χ2v) is 8.72. The molecule has 2 atom stereocenters. The van der Waals surface area contributed by atoms with E-state index in [2.05, 4.69) is 33.8 Å². The van der Waals surface area contributed by atoms with Gasteiger partial charge in [0.25, 0.3) is 0 Å². The number of hydrogen-bond donors (Lipinski definition) is 1. The van der Waals surface area contributed by atoms with Crippen molar-refractivity contribution in [3.8, 4) is 0 Å². The fraction of sp³-hybridized carbons (Fsp3) is 0.842. The molecule has 6 nitrogen and oxygen atoms in total. The summed E-state index contributed by atoms with van der Waals surface area (Å²) in [5.74, 6) is 0. The molecule has 2 saturated heterocycles. The number of hydrogen-bond acceptors (Lipinski definition) is 4. The van der Waals surface area contributed by atoms with Gasteiger partial charge in [0.1, 0.15) is 0 Å². The van der Waals surface area contributed by atoms with Crippen LogP contribution in [0.2, 0.25) is 0 Å². The molecule has 0 spiro atoms. The number of allylic oxidation sites excluding steroid dienone is 1. The van der Waals surface area contributed by atoms with E-state index in [9.17, 15) is 9.90 Å². The van der Waals surface area contributed by atoms with Gasteiger partial charge in [0, 0.05) is 6.54 Å². The van der Waals surface area contributed by atoms with Gasteiger partial charge in [0.2, 0.25) is 0 Å². The SMILES string of the molecule is CC1(C)OB(C2=CCC(OCC3CCCCN3C(=O)O)CC2)OC1(C)C. The van der Waals surface area contributed by atoms with E-state index in [1.807, 2.05) is 0 Å². The predicted molar refractivity (Wildman–Crippen MR) is 100 cm³/mol. The molecule has 0 radical (unpaired) electrons. The summed E-state index contributed by atoms with van der Waals surface area (Å²) in [7, 11) is -0.262. The first-order valence-corrected chi connectivity index (χ1v) is 9.85. The van der Waals surface area contributed by atoms with E-state index in [1.165, 1.54) is 10.4 Å². The lowest BCUT2D eigenvalue weighted by Crippen LogP contribution is -2.46. The first-order chi connectivity index (χ1) is 12.2. The minimum absolute atomic E-state index is 0.00489. The van der Waals surface area contributed by atoms with Crippen LogP contribution >= 0.6 is 0 Å². The van der Waals surface area contributed by atoms with Crippen molar-refractivity contribution in [2.45, 2.75) is 89.6 Å². The number of ether oxygens (including phenoxy) is 1. The Kier molecular flexibility index (Phi) is 5.70. The van der Waals surface area contributed by atoms with Gasteiger partial charge in [-0.25, -0.2) is 4.79 Å². The van der Waals surface area contributed by atoms with Crippen molar-refractivity contribution in [2.75, 3.05) is 13.2 Å². The van der Waals surface area contributed by atoms with Crippen molar-refractivity contribution in [2.24, 2.45) is 0 Å². The smallest absolute Gasteiger partial charge is 0.465 e. The number of nitrogens with zero attached hydrogens (tertiary/aromatic N) is 1. The lowest BCUT2D eigenvalue weighted by Gasteiger charge is -2.34. The minimum atomic E-state index is -0.829. The summed E-state index contributed by atoms with van der Waals surface area (Å²) in [6, 6.07) is -0.00489. The quantitative estimate of drug-likeness (QED) is 0.771. The van der Waals surface area contributed by atoms with Crippen LogP contribution < -0.4 is 0 Å².